The highest BCUT2D eigenvalue weighted by atomic mass is 16.5. The van der Waals surface area contributed by atoms with E-state index in [9.17, 15) is 0 Å². The number of hydrogen-bond donors (Lipinski definition) is 1. The van der Waals surface area contributed by atoms with Crippen molar-refractivity contribution in [3.05, 3.63) is 30.3 Å². The number of benzene rings is 1. The fourth-order valence-electron chi connectivity index (χ4n) is 3.30. The highest BCUT2D eigenvalue weighted by molar-refractivity contribution is 5.56. The minimum absolute atomic E-state index is 0.270. The molecule has 1 N–H and O–H groups in total. The van der Waals surface area contributed by atoms with Crippen LogP contribution in [0, 0.1) is 0 Å². The fraction of sp³-hybridized carbons (Fsp3) is 0.500. The summed E-state index contributed by atoms with van der Waals surface area (Å²) in [5.74, 6) is 1.66. The molecule has 5 nitrogen and oxygen atoms in total. The van der Waals surface area contributed by atoms with Crippen molar-refractivity contribution in [1.29, 1.82) is 0 Å². The van der Waals surface area contributed by atoms with E-state index in [4.69, 9.17) is 9.84 Å². The molecule has 0 bridgehead atoms. The van der Waals surface area contributed by atoms with Crippen molar-refractivity contribution in [2.75, 3.05) is 11.9 Å². The Kier molecular flexibility index (Phi) is 3.15. The van der Waals surface area contributed by atoms with Gasteiger partial charge in [0.2, 0.25) is 5.95 Å². The molecule has 1 aromatic heterocycles. The maximum atomic E-state index is 6.06. The van der Waals surface area contributed by atoms with Crippen LogP contribution in [0.3, 0.4) is 0 Å². The Morgan fingerprint density at radius 1 is 1.19 bits per heavy atom. The second-order valence-electron chi connectivity index (χ2n) is 5.91. The first-order valence-corrected chi connectivity index (χ1v) is 7.72. The molecule has 0 spiro atoms. The van der Waals surface area contributed by atoms with Gasteiger partial charge in [-0.2, -0.15) is 4.98 Å². The van der Waals surface area contributed by atoms with Crippen molar-refractivity contribution in [3.8, 4) is 11.4 Å². The maximum absolute atomic E-state index is 6.06. The zero-order valence-electron chi connectivity index (χ0n) is 12.2. The van der Waals surface area contributed by atoms with Gasteiger partial charge in [0.05, 0.1) is 18.2 Å². The normalized spacial score (nSPS) is 28.1. The number of aromatic nitrogens is 3. The second kappa shape index (κ2) is 5.15. The van der Waals surface area contributed by atoms with E-state index in [0.717, 1.165) is 43.1 Å². The van der Waals surface area contributed by atoms with Crippen LogP contribution in [0.2, 0.25) is 0 Å². The standard InChI is InChI=1S/C16H20N4O/c1-11-7-8-14(21-11)13-9-10-17-16-18-15(19-20(13)16)12-5-3-2-4-6-12/h2-6,11,13-14H,7-10H2,1H3,(H,17,18,19). The van der Waals surface area contributed by atoms with Crippen molar-refractivity contribution >= 4 is 5.95 Å². The number of hydrogen-bond acceptors (Lipinski definition) is 4. The van der Waals surface area contributed by atoms with Gasteiger partial charge in [-0.05, 0) is 26.2 Å². The van der Waals surface area contributed by atoms with Gasteiger partial charge >= 0.3 is 0 Å². The molecule has 0 saturated carbocycles. The van der Waals surface area contributed by atoms with Crippen LogP contribution in [-0.2, 0) is 4.74 Å². The molecule has 2 aromatic rings. The van der Waals surface area contributed by atoms with Gasteiger partial charge in [0, 0.05) is 12.1 Å². The smallest absolute Gasteiger partial charge is 0.222 e. The van der Waals surface area contributed by atoms with Crippen LogP contribution in [0.1, 0.15) is 32.2 Å². The van der Waals surface area contributed by atoms with Gasteiger partial charge in [0.15, 0.2) is 5.82 Å². The Morgan fingerprint density at radius 2 is 2.05 bits per heavy atom. The van der Waals surface area contributed by atoms with E-state index in [1.807, 2.05) is 35.0 Å². The molecule has 2 aliphatic rings. The Morgan fingerprint density at radius 3 is 2.81 bits per heavy atom. The number of ether oxygens (including phenoxy) is 1. The molecule has 5 heteroatoms. The molecule has 21 heavy (non-hydrogen) atoms. The molecule has 1 fully saturated rings. The van der Waals surface area contributed by atoms with Crippen LogP contribution in [-0.4, -0.2) is 33.5 Å². The van der Waals surface area contributed by atoms with Crippen LogP contribution >= 0.6 is 0 Å². The average molecular weight is 284 g/mol. The SMILES string of the molecule is CC1CCC(C2CCNc3nc(-c4ccccc4)nn32)O1. The zero-order chi connectivity index (χ0) is 14.2. The number of nitrogens with zero attached hydrogens (tertiary/aromatic N) is 3. The van der Waals surface area contributed by atoms with Crippen LogP contribution in [0.25, 0.3) is 11.4 Å². The minimum atomic E-state index is 0.270. The quantitative estimate of drug-likeness (QED) is 0.921. The van der Waals surface area contributed by atoms with E-state index >= 15 is 0 Å². The third kappa shape index (κ3) is 2.31. The van der Waals surface area contributed by atoms with E-state index in [2.05, 4.69) is 17.2 Å². The lowest BCUT2D eigenvalue weighted by Crippen LogP contribution is -2.32. The predicted octanol–water partition coefficient (Wildman–Crippen LogP) is 2.87. The molecule has 0 amide bonds. The van der Waals surface area contributed by atoms with Gasteiger partial charge in [-0.25, -0.2) is 4.68 Å². The van der Waals surface area contributed by atoms with Gasteiger partial charge in [-0.3, -0.25) is 0 Å². The lowest BCUT2D eigenvalue weighted by atomic mass is 10.0. The average Bonchev–Trinajstić information content (AvgIpc) is 3.14. The molecular weight excluding hydrogens is 264 g/mol. The van der Waals surface area contributed by atoms with Crippen molar-refractivity contribution in [2.24, 2.45) is 0 Å². The number of nitrogens with one attached hydrogen (secondary N) is 1. The molecule has 3 heterocycles. The first-order chi connectivity index (χ1) is 10.3. The van der Waals surface area contributed by atoms with Crippen molar-refractivity contribution < 1.29 is 4.74 Å². The zero-order valence-corrected chi connectivity index (χ0v) is 12.2. The molecule has 3 atom stereocenters. The highest BCUT2D eigenvalue weighted by Crippen LogP contribution is 2.34. The van der Waals surface area contributed by atoms with Gasteiger partial charge in [0.25, 0.3) is 0 Å². The monoisotopic (exact) mass is 284 g/mol. The topological polar surface area (TPSA) is 52.0 Å². The van der Waals surface area contributed by atoms with E-state index in [1.165, 1.54) is 0 Å². The molecular formula is C16H20N4O. The fourth-order valence-corrected chi connectivity index (χ4v) is 3.30. The molecule has 0 aliphatic carbocycles. The van der Waals surface area contributed by atoms with E-state index in [-0.39, 0.29) is 6.10 Å². The molecule has 1 saturated heterocycles. The molecule has 110 valence electrons. The van der Waals surface area contributed by atoms with Crippen LogP contribution in [0.15, 0.2) is 30.3 Å². The Labute approximate surface area is 124 Å². The van der Waals surface area contributed by atoms with Gasteiger partial charge in [-0.1, -0.05) is 30.3 Å². The van der Waals surface area contributed by atoms with Gasteiger partial charge < -0.3 is 10.1 Å². The predicted molar refractivity (Wildman–Crippen MR) is 81.2 cm³/mol. The van der Waals surface area contributed by atoms with Crippen LogP contribution < -0.4 is 5.32 Å². The number of rotatable bonds is 2. The van der Waals surface area contributed by atoms with Crippen LogP contribution in [0.5, 0.6) is 0 Å². The van der Waals surface area contributed by atoms with Gasteiger partial charge in [-0.15, -0.1) is 5.10 Å². The summed E-state index contributed by atoms with van der Waals surface area (Å²) in [7, 11) is 0. The van der Waals surface area contributed by atoms with E-state index in [0.29, 0.717) is 12.1 Å². The van der Waals surface area contributed by atoms with E-state index < -0.39 is 0 Å². The summed E-state index contributed by atoms with van der Waals surface area (Å²) in [4.78, 5) is 4.65. The Balaban J connectivity index is 1.67. The lowest BCUT2D eigenvalue weighted by Gasteiger charge is -2.28. The lowest BCUT2D eigenvalue weighted by molar-refractivity contribution is 0.0173. The third-order valence-electron chi connectivity index (χ3n) is 4.39. The highest BCUT2D eigenvalue weighted by Gasteiger charge is 2.35. The first kappa shape index (κ1) is 12.8. The number of fused-ring (bicyclic) bond motifs is 1. The molecule has 1 aromatic carbocycles. The van der Waals surface area contributed by atoms with Crippen molar-refractivity contribution in [2.45, 2.75) is 44.4 Å². The third-order valence-corrected chi connectivity index (χ3v) is 4.39. The Hall–Kier alpha value is -1.88. The number of anilines is 1. The molecule has 0 radical (unpaired) electrons. The first-order valence-electron chi connectivity index (χ1n) is 7.72. The summed E-state index contributed by atoms with van der Waals surface area (Å²) < 4.78 is 8.09. The summed E-state index contributed by atoms with van der Waals surface area (Å²) in [5, 5.41) is 8.09. The summed E-state index contributed by atoms with van der Waals surface area (Å²) in [6, 6.07) is 10.4. The minimum Gasteiger partial charge on any atom is -0.373 e. The molecule has 4 rings (SSSR count). The molecule has 2 aliphatic heterocycles. The molecule has 3 unspecified atom stereocenters. The summed E-state index contributed by atoms with van der Waals surface area (Å²) in [6.45, 7) is 3.09. The van der Waals surface area contributed by atoms with Crippen LogP contribution in [0.4, 0.5) is 5.95 Å². The second-order valence-corrected chi connectivity index (χ2v) is 5.91. The van der Waals surface area contributed by atoms with Crippen molar-refractivity contribution in [3.63, 3.8) is 0 Å². The largest absolute Gasteiger partial charge is 0.373 e. The summed E-state index contributed by atoms with van der Waals surface area (Å²) in [5.41, 5.74) is 1.06. The summed E-state index contributed by atoms with van der Waals surface area (Å²) >= 11 is 0. The summed E-state index contributed by atoms with van der Waals surface area (Å²) in [6.07, 6.45) is 3.94. The maximum Gasteiger partial charge on any atom is 0.222 e. The van der Waals surface area contributed by atoms with E-state index in [1.54, 1.807) is 0 Å². The van der Waals surface area contributed by atoms with Crippen molar-refractivity contribution in [1.82, 2.24) is 14.8 Å². The Bertz CT molecular complexity index is 624. The van der Waals surface area contributed by atoms with Gasteiger partial charge in [0.1, 0.15) is 0 Å².